The average Bonchev–Trinajstić information content (AvgIpc) is 2.61. The molecular formula is C19H19Cl2NO4. The van der Waals surface area contributed by atoms with Crippen molar-refractivity contribution in [3.63, 3.8) is 0 Å². The number of amides is 1. The molecule has 0 heterocycles. The molecular weight excluding hydrogens is 377 g/mol. The summed E-state index contributed by atoms with van der Waals surface area (Å²) in [4.78, 5) is 23.4. The van der Waals surface area contributed by atoms with Crippen molar-refractivity contribution in [3.8, 4) is 5.75 Å². The zero-order valence-corrected chi connectivity index (χ0v) is 15.8. The number of rotatable bonds is 8. The van der Waals surface area contributed by atoms with Crippen molar-refractivity contribution in [2.45, 2.75) is 13.3 Å². The third-order valence-electron chi connectivity index (χ3n) is 3.53. The summed E-state index contributed by atoms with van der Waals surface area (Å²) in [6.45, 7) is 1.64. The van der Waals surface area contributed by atoms with Crippen LogP contribution in [0.15, 0.2) is 42.5 Å². The fraction of sp³-hybridized carbons (Fsp3) is 0.263. The van der Waals surface area contributed by atoms with Crippen LogP contribution >= 0.6 is 23.2 Å². The summed E-state index contributed by atoms with van der Waals surface area (Å²) in [5.74, 6) is -0.391. The van der Waals surface area contributed by atoms with Crippen LogP contribution in [0.4, 0.5) is 0 Å². The molecule has 1 amide bonds. The Morgan fingerprint density at radius 3 is 2.58 bits per heavy atom. The topological polar surface area (TPSA) is 64.6 Å². The Kier molecular flexibility index (Phi) is 7.75. The van der Waals surface area contributed by atoms with E-state index >= 15 is 0 Å². The van der Waals surface area contributed by atoms with Gasteiger partial charge in [-0.1, -0.05) is 47.5 Å². The summed E-state index contributed by atoms with van der Waals surface area (Å²) in [6, 6.07) is 12.5. The molecule has 0 saturated carbocycles. The van der Waals surface area contributed by atoms with E-state index in [2.05, 4.69) is 5.32 Å². The Morgan fingerprint density at radius 1 is 1.08 bits per heavy atom. The molecule has 2 aromatic carbocycles. The second-order valence-electron chi connectivity index (χ2n) is 5.55. The molecule has 0 bridgehead atoms. The van der Waals surface area contributed by atoms with Crippen LogP contribution in [0.1, 0.15) is 11.1 Å². The molecule has 2 rings (SSSR count). The second kappa shape index (κ2) is 10.0. The van der Waals surface area contributed by atoms with E-state index in [1.807, 2.05) is 25.1 Å². The number of esters is 1. The molecule has 1 N–H and O–H groups in total. The van der Waals surface area contributed by atoms with E-state index < -0.39 is 5.97 Å². The van der Waals surface area contributed by atoms with E-state index in [1.165, 1.54) is 0 Å². The third kappa shape index (κ3) is 6.58. The number of para-hydroxylation sites is 1. The van der Waals surface area contributed by atoms with Gasteiger partial charge in [-0.05, 0) is 42.7 Å². The quantitative estimate of drug-likeness (QED) is 0.693. The molecule has 26 heavy (non-hydrogen) atoms. The Bertz CT molecular complexity index is 780. The van der Waals surface area contributed by atoms with Gasteiger partial charge in [0.15, 0.2) is 13.2 Å². The molecule has 0 fully saturated rings. The number of carbonyl (C=O) groups excluding carboxylic acids is 2. The van der Waals surface area contributed by atoms with Crippen LogP contribution in [-0.4, -0.2) is 31.6 Å². The first kappa shape index (κ1) is 20.1. The Balaban J connectivity index is 1.65. The van der Waals surface area contributed by atoms with Crippen LogP contribution in [0.5, 0.6) is 5.75 Å². The van der Waals surface area contributed by atoms with Gasteiger partial charge in [-0.15, -0.1) is 0 Å². The zero-order chi connectivity index (χ0) is 18.9. The second-order valence-corrected chi connectivity index (χ2v) is 6.39. The Morgan fingerprint density at radius 2 is 1.85 bits per heavy atom. The van der Waals surface area contributed by atoms with Gasteiger partial charge >= 0.3 is 5.97 Å². The summed E-state index contributed by atoms with van der Waals surface area (Å²) < 4.78 is 10.2. The van der Waals surface area contributed by atoms with E-state index in [1.54, 1.807) is 24.3 Å². The highest BCUT2D eigenvalue weighted by molar-refractivity contribution is 6.35. The Labute approximate surface area is 162 Å². The van der Waals surface area contributed by atoms with Crippen molar-refractivity contribution in [3.05, 3.63) is 63.6 Å². The average molecular weight is 396 g/mol. The summed E-state index contributed by atoms with van der Waals surface area (Å²) in [6.07, 6.45) is 0.548. The van der Waals surface area contributed by atoms with Crippen LogP contribution in [0.25, 0.3) is 0 Å². The number of benzene rings is 2. The molecule has 0 aliphatic rings. The normalized spacial score (nSPS) is 10.3. The predicted molar refractivity (Wildman–Crippen MR) is 101 cm³/mol. The van der Waals surface area contributed by atoms with Gasteiger partial charge < -0.3 is 14.8 Å². The van der Waals surface area contributed by atoms with Gasteiger partial charge in [0.2, 0.25) is 0 Å². The first-order valence-corrected chi connectivity index (χ1v) is 8.76. The summed E-state index contributed by atoms with van der Waals surface area (Å²) in [5, 5.41) is 3.77. The van der Waals surface area contributed by atoms with Crippen LogP contribution in [0, 0.1) is 6.92 Å². The maximum Gasteiger partial charge on any atom is 0.344 e. The van der Waals surface area contributed by atoms with Gasteiger partial charge in [-0.2, -0.15) is 0 Å². The van der Waals surface area contributed by atoms with E-state index in [0.29, 0.717) is 28.8 Å². The fourth-order valence-electron chi connectivity index (χ4n) is 2.15. The summed E-state index contributed by atoms with van der Waals surface area (Å²) >= 11 is 11.9. The molecule has 0 aliphatic heterocycles. The number of halogens is 2. The standard InChI is InChI=1S/C19H19Cl2NO4/c1-13-4-2-3-5-17(13)25-12-19(24)26-11-18(23)22-9-8-14-6-7-15(20)10-16(14)21/h2-7,10H,8-9,11-12H2,1H3,(H,22,23). The first-order valence-electron chi connectivity index (χ1n) is 8.00. The number of hydrogen-bond acceptors (Lipinski definition) is 4. The molecule has 0 radical (unpaired) electrons. The number of nitrogens with one attached hydrogen (secondary N) is 1. The number of aryl methyl sites for hydroxylation is 1. The largest absolute Gasteiger partial charge is 0.482 e. The molecule has 5 nitrogen and oxygen atoms in total. The van der Waals surface area contributed by atoms with Gasteiger partial charge in [0.25, 0.3) is 5.91 Å². The molecule has 0 aromatic heterocycles. The molecule has 0 spiro atoms. The number of carbonyl (C=O) groups is 2. The molecule has 0 unspecified atom stereocenters. The van der Waals surface area contributed by atoms with Crippen LogP contribution in [0.2, 0.25) is 10.0 Å². The maximum atomic E-state index is 11.7. The van der Waals surface area contributed by atoms with Gasteiger partial charge in [-0.25, -0.2) is 4.79 Å². The minimum absolute atomic E-state index is 0.251. The molecule has 7 heteroatoms. The Hall–Kier alpha value is -2.24. The number of ether oxygens (including phenoxy) is 2. The van der Waals surface area contributed by atoms with E-state index in [0.717, 1.165) is 11.1 Å². The van der Waals surface area contributed by atoms with Crippen LogP contribution in [-0.2, 0) is 20.7 Å². The lowest BCUT2D eigenvalue weighted by Gasteiger charge is -2.09. The third-order valence-corrected chi connectivity index (χ3v) is 4.12. The molecule has 0 atom stereocenters. The lowest BCUT2D eigenvalue weighted by Crippen LogP contribution is -2.31. The summed E-state index contributed by atoms with van der Waals surface area (Å²) in [7, 11) is 0. The lowest BCUT2D eigenvalue weighted by atomic mass is 10.1. The van der Waals surface area contributed by atoms with Gasteiger partial charge in [0.05, 0.1) is 0 Å². The highest BCUT2D eigenvalue weighted by Crippen LogP contribution is 2.21. The minimum Gasteiger partial charge on any atom is -0.482 e. The predicted octanol–water partition coefficient (Wildman–Crippen LogP) is 3.58. The molecule has 2 aromatic rings. The van der Waals surface area contributed by atoms with Gasteiger partial charge in [0, 0.05) is 16.6 Å². The summed E-state index contributed by atoms with van der Waals surface area (Å²) in [5.41, 5.74) is 1.79. The number of hydrogen-bond donors (Lipinski definition) is 1. The SMILES string of the molecule is Cc1ccccc1OCC(=O)OCC(=O)NCCc1ccc(Cl)cc1Cl. The van der Waals surface area contributed by atoms with Gasteiger partial charge in [-0.3, -0.25) is 4.79 Å². The van der Waals surface area contributed by atoms with E-state index in [-0.39, 0.29) is 19.1 Å². The molecule has 138 valence electrons. The van der Waals surface area contributed by atoms with E-state index in [9.17, 15) is 9.59 Å². The lowest BCUT2D eigenvalue weighted by molar-refractivity contribution is -0.150. The monoisotopic (exact) mass is 395 g/mol. The fourth-order valence-corrected chi connectivity index (χ4v) is 2.66. The van der Waals surface area contributed by atoms with Crippen molar-refractivity contribution in [1.29, 1.82) is 0 Å². The maximum absolute atomic E-state index is 11.7. The van der Waals surface area contributed by atoms with Crippen LogP contribution < -0.4 is 10.1 Å². The minimum atomic E-state index is -0.607. The highest BCUT2D eigenvalue weighted by Gasteiger charge is 2.09. The van der Waals surface area contributed by atoms with Crippen LogP contribution in [0.3, 0.4) is 0 Å². The van der Waals surface area contributed by atoms with Crippen molar-refractivity contribution >= 4 is 35.1 Å². The highest BCUT2D eigenvalue weighted by atomic mass is 35.5. The van der Waals surface area contributed by atoms with Crippen molar-refractivity contribution < 1.29 is 19.1 Å². The van der Waals surface area contributed by atoms with Crippen molar-refractivity contribution in [2.75, 3.05) is 19.8 Å². The first-order chi connectivity index (χ1) is 12.5. The zero-order valence-electron chi connectivity index (χ0n) is 14.3. The molecule has 0 saturated heterocycles. The van der Waals surface area contributed by atoms with Gasteiger partial charge in [0.1, 0.15) is 5.75 Å². The molecule has 0 aliphatic carbocycles. The smallest absolute Gasteiger partial charge is 0.344 e. The van der Waals surface area contributed by atoms with Crippen molar-refractivity contribution in [1.82, 2.24) is 5.32 Å². The van der Waals surface area contributed by atoms with E-state index in [4.69, 9.17) is 32.7 Å². The van der Waals surface area contributed by atoms with Crippen molar-refractivity contribution in [2.24, 2.45) is 0 Å².